The zero-order valence-corrected chi connectivity index (χ0v) is 8.05. The van der Waals surface area contributed by atoms with Crippen LogP contribution in [0, 0.1) is 19.7 Å². The molecule has 0 aromatic heterocycles. The van der Waals surface area contributed by atoms with Gasteiger partial charge in [0.2, 0.25) is 21.1 Å². The Morgan fingerprint density at radius 2 is 0.833 bits per heavy atom. The summed E-state index contributed by atoms with van der Waals surface area (Å²) in [5.74, 6) is 0. The van der Waals surface area contributed by atoms with Gasteiger partial charge in [0.25, 0.3) is 6.79 Å². The first-order valence-electron chi connectivity index (χ1n) is 2.22. The molecule has 0 amide bonds. The summed E-state index contributed by atoms with van der Waals surface area (Å²) in [6.07, 6.45) is 0. The van der Waals surface area contributed by atoms with E-state index in [0.29, 0.717) is 0 Å². The molecule has 0 aliphatic heterocycles. The molecule has 0 heterocycles. The van der Waals surface area contributed by atoms with Gasteiger partial charge in [-0.2, -0.15) is 0 Å². The number of hydrogen-bond acceptors (Lipinski definition) is 1. The van der Waals surface area contributed by atoms with Crippen LogP contribution < -0.4 is 0 Å². The molecular weight excluding hydrogens is 201 g/mol. The summed E-state index contributed by atoms with van der Waals surface area (Å²) in [6, 6.07) is 0. The molecule has 0 atom stereocenters. The summed E-state index contributed by atoms with van der Waals surface area (Å²) >= 11 is 0. The summed E-state index contributed by atoms with van der Waals surface area (Å²) in [5, 5.41) is 0. The molecule has 0 aromatic carbocycles. The molecule has 5 heteroatoms. The van der Waals surface area contributed by atoms with Crippen molar-refractivity contribution in [1.82, 2.24) is 0 Å². The molecule has 0 saturated carbocycles. The van der Waals surface area contributed by atoms with Gasteiger partial charge in [0.15, 0.2) is 0 Å². The molecule has 4 nitrogen and oxygen atoms in total. The maximum Gasteiger partial charge on any atom is 0.281 e. The van der Waals surface area contributed by atoms with Crippen molar-refractivity contribution in [2.45, 2.75) is 0 Å². The summed E-state index contributed by atoms with van der Waals surface area (Å²) in [6.45, 7) is 22.0. The van der Waals surface area contributed by atoms with Crippen LogP contribution in [0.3, 0.4) is 0 Å². The van der Waals surface area contributed by atoms with Crippen molar-refractivity contribution in [1.29, 1.82) is 0 Å². The molecule has 0 aromatic rings. The van der Waals surface area contributed by atoms with Crippen LogP contribution in [0.4, 0.5) is 0 Å². The predicted molar refractivity (Wildman–Crippen MR) is 43.3 cm³/mol. The van der Waals surface area contributed by atoms with Crippen molar-refractivity contribution in [3.63, 3.8) is 0 Å². The van der Waals surface area contributed by atoms with Gasteiger partial charge in [0.05, 0.1) is 0 Å². The van der Waals surface area contributed by atoms with Gasteiger partial charge in [-0.1, -0.05) is 0 Å². The zero-order chi connectivity index (χ0) is 10.1. The molecule has 2 radical (unpaired) electrons. The van der Waals surface area contributed by atoms with Crippen molar-refractivity contribution in [2.24, 2.45) is 0 Å². The Bertz CT molecular complexity index is 123. The van der Waals surface area contributed by atoms with Gasteiger partial charge in [-0.05, 0) is 0 Å². The second kappa shape index (κ2) is 269. The van der Waals surface area contributed by atoms with Gasteiger partial charge < -0.3 is 14.5 Å². The Kier molecular flexibility index (Phi) is 697. The Morgan fingerprint density at radius 3 is 0.833 bits per heavy atom. The Morgan fingerprint density at radius 1 is 0.833 bits per heavy atom. The smallest absolute Gasteiger partial charge is 0.281 e. The van der Waals surface area contributed by atoms with Gasteiger partial charge in [-0.25, -0.2) is 19.7 Å². The Labute approximate surface area is 84.0 Å². The minimum absolute atomic E-state index is 0. The topological polar surface area (TPSA) is 30.2 Å². The monoisotopic (exact) mass is 209 g/mol. The fraction of sp³-hybridized carbons (Fsp3) is 0.429. The van der Waals surface area contributed by atoms with Crippen LogP contribution >= 0.6 is 0 Å². The van der Waals surface area contributed by atoms with Crippen LogP contribution in [-0.4, -0.2) is 27.9 Å². The predicted octanol–water partition coefficient (Wildman–Crippen LogP) is 1.21. The van der Waals surface area contributed by atoms with E-state index in [1.807, 2.05) is 0 Å². The van der Waals surface area contributed by atoms with E-state index >= 15 is 0 Å². The standard InChI is InChI=1S/3C2H3N.CO.Ni/c3*1-3-2;1-2;/h3*1H3;;. The van der Waals surface area contributed by atoms with E-state index in [0.717, 1.165) is 0 Å². The van der Waals surface area contributed by atoms with Crippen molar-refractivity contribution >= 4 is 6.79 Å². The molecular formula is C7H9N3NiO. The summed E-state index contributed by atoms with van der Waals surface area (Å²) in [5.41, 5.74) is 0. The van der Waals surface area contributed by atoms with E-state index in [1.54, 1.807) is 0 Å². The van der Waals surface area contributed by atoms with E-state index < -0.39 is 0 Å². The molecule has 0 fully saturated rings. The quantitative estimate of drug-likeness (QED) is 0.436. The van der Waals surface area contributed by atoms with Gasteiger partial charge >= 0.3 is 0 Å². The van der Waals surface area contributed by atoms with Gasteiger partial charge in [0, 0.05) is 16.5 Å². The molecule has 0 rings (SSSR count). The number of hydrogen-bond donors (Lipinski definition) is 0. The van der Waals surface area contributed by atoms with Crippen molar-refractivity contribution in [2.75, 3.05) is 21.1 Å². The van der Waals surface area contributed by atoms with Gasteiger partial charge in [-0.15, -0.1) is 0 Å². The maximum absolute atomic E-state index is 7.50. The van der Waals surface area contributed by atoms with Crippen LogP contribution in [0.2, 0.25) is 0 Å². The molecule has 68 valence electrons. The maximum atomic E-state index is 7.50. The van der Waals surface area contributed by atoms with E-state index in [1.165, 1.54) is 21.1 Å². The summed E-state index contributed by atoms with van der Waals surface area (Å²) in [4.78, 5) is 15.8. The second-order valence-corrected chi connectivity index (χ2v) is 0.671. The second-order valence-electron chi connectivity index (χ2n) is 0.671. The average molecular weight is 210 g/mol. The molecule has 0 aliphatic carbocycles. The van der Waals surface area contributed by atoms with Crippen LogP contribution in [0.1, 0.15) is 0 Å². The van der Waals surface area contributed by atoms with Gasteiger partial charge in [0.1, 0.15) is 0 Å². The summed E-state index contributed by atoms with van der Waals surface area (Å²) in [7, 11) is 4.25. The fourth-order valence-electron chi connectivity index (χ4n) is 0. The number of nitrogens with zero attached hydrogens (tertiary/aromatic N) is 3. The number of carbonyl (C=O) groups excluding carboxylic acids is 1. The first-order chi connectivity index (χ1) is 5.24. The van der Waals surface area contributed by atoms with Crippen LogP contribution in [0.15, 0.2) is 0 Å². The van der Waals surface area contributed by atoms with Crippen LogP contribution in [0.5, 0.6) is 0 Å². The van der Waals surface area contributed by atoms with Crippen molar-refractivity contribution in [3.05, 3.63) is 34.3 Å². The molecule has 12 heavy (non-hydrogen) atoms. The van der Waals surface area contributed by atoms with E-state index in [9.17, 15) is 0 Å². The Balaban J connectivity index is -0.0000000179. The molecule has 0 aliphatic rings. The van der Waals surface area contributed by atoms with Crippen LogP contribution in [-0.2, 0) is 21.3 Å². The first-order valence-corrected chi connectivity index (χ1v) is 2.22. The van der Waals surface area contributed by atoms with Crippen molar-refractivity contribution in [3.8, 4) is 0 Å². The van der Waals surface area contributed by atoms with Crippen LogP contribution in [0.25, 0.3) is 14.5 Å². The molecule has 0 unspecified atom stereocenters. The largest absolute Gasteiger partial charge is 0.320 e. The van der Waals surface area contributed by atoms with Gasteiger partial charge in [-0.3, -0.25) is 4.79 Å². The SMILES string of the molecule is [C-]#[N+]C.[C-]#[N+]C.[C-]#[N+]C.[C]=O.[Ni]. The molecule has 0 bridgehead atoms. The summed E-state index contributed by atoms with van der Waals surface area (Å²) < 4.78 is 0. The average Bonchev–Trinajstić information content (AvgIpc) is 1.96. The van der Waals surface area contributed by atoms with E-state index in [4.69, 9.17) is 24.5 Å². The molecule has 0 spiro atoms. The van der Waals surface area contributed by atoms with E-state index in [2.05, 4.69) is 21.3 Å². The third-order valence-corrected chi connectivity index (χ3v) is 0. The minimum Gasteiger partial charge on any atom is -0.320 e. The fourth-order valence-corrected chi connectivity index (χ4v) is 0. The third-order valence-electron chi connectivity index (χ3n) is 0. The zero-order valence-electron chi connectivity index (χ0n) is 7.07. The number of rotatable bonds is 0. The molecule has 0 N–H and O–H groups in total. The minimum atomic E-state index is 0. The first kappa shape index (κ1) is 31.1. The van der Waals surface area contributed by atoms with E-state index in [-0.39, 0.29) is 16.5 Å². The Hall–Kier alpha value is -1.37. The third kappa shape index (κ3) is 269. The van der Waals surface area contributed by atoms with Crippen molar-refractivity contribution < 1.29 is 21.3 Å². The normalized spacial score (nSPS) is 2.33. The molecule has 0 saturated heterocycles.